The second-order valence-electron chi connectivity index (χ2n) is 1.82. The molecule has 0 bridgehead atoms. The Morgan fingerprint density at radius 2 is 2.50 bits per heavy atom. The molecule has 0 radical (unpaired) electrons. The molecule has 1 rings (SSSR count). The minimum atomic E-state index is -0.692. The third-order valence-corrected chi connectivity index (χ3v) is 1.81. The Hall–Kier alpha value is -1.59. The zero-order chi connectivity index (χ0) is 10.6. The topological polar surface area (TPSA) is 102 Å². The predicted molar refractivity (Wildman–Crippen MR) is 46.1 cm³/mol. The standard InChI is InChI=1S/C5HClN4O3S/c6-5-8-1-3(13-2-7)4(9-5)14-10(11)12/h1H. The molecule has 72 valence electrons. The van der Waals surface area contributed by atoms with Gasteiger partial charge in [-0.15, -0.1) is 5.26 Å². The average Bonchev–Trinajstić information content (AvgIpc) is 2.09. The molecule has 0 aliphatic carbocycles. The molecule has 9 heteroatoms. The quantitative estimate of drug-likeness (QED) is 0.193. The molecule has 1 heterocycles. The largest absolute Gasteiger partial charge is 0.383 e. The predicted octanol–water partition coefficient (Wildman–Crippen LogP) is 1.27. The smallest absolute Gasteiger partial charge is 0.292 e. The first-order valence-corrected chi connectivity index (χ1v) is 4.19. The number of hydrogen-bond donors (Lipinski definition) is 0. The van der Waals surface area contributed by atoms with Crippen molar-refractivity contribution in [3.8, 4) is 12.0 Å². The van der Waals surface area contributed by atoms with Gasteiger partial charge in [-0.05, 0) is 11.6 Å². The normalized spacial score (nSPS) is 9.14. The van der Waals surface area contributed by atoms with Crippen LogP contribution in [0.2, 0.25) is 5.28 Å². The van der Waals surface area contributed by atoms with Crippen LogP contribution in [0.3, 0.4) is 0 Å². The van der Waals surface area contributed by atoms with E-state index in [1.54, 1.807) is 0 Å². The first kappa shape index (κ1) is 10.5. The lowest BCUT2D eigenvalue weighted by Gasteiger charge is -1.98. The molecule has 0 aliphatic heterocycles. The highest BCUT2D eigenvalue weighted by Gasteiger charge is 2.16. The van der Waals surface area contributed by atoms with E-state index in [-0.39, 0.29) is 28.0 Å². The van der Waals surface area contributed by atoms with Crippen molar-refractivity contribution in [1.29, 1.82) is 5.26 Å². The van der Waals surface area contributed by atoms with Crippen LogP contribution in [0.5, 0.6) is 5.75 Å². The molecule has 0 atom stereocenters. The van der Waals surface area contributed by atoms with E-state index in [2.05, 4.69) is 14.7 Å². The van der Waals surface area contributed by atoms with Gasteiger partial charge in [0, 0.05) is 0 Å². The zero-order valence-corrected chi connectivity index (χ0v) is 7.95. The van der Waals surface area contributed by atoms with Crippen LogP contribution in [0.1, 0.15) is 0 Å². The number of halogens is 1. The molecule has 1 aromatic heterocycles. The van der Waals surface area contributed by atoms with Gasteiger partial charge < -0.3 is 4.74 Å². The van der Waals surface area contributed by atoms with E-state index in [0.29, 0.717) is 0 Å². The van der Waals surface area contributed by atoms with Crippen LogP contribution in [0, 0.1) is 21.6 Å². The molecule has 0 fully saturated rings. The van der Waals surface area contributed by atoms with Crippen molar-refractivity contribution in [2.75, 3.05) is 0 Å². The summed E-state index contributed by atoms with van der Waals surface area (Å²) in [5, 5.41) is 18.1. The first-order chi connectivity index (χ1) is 6.63. The number of aromatic nitrogens is 2. The van der Waals surface area contributed by atoms with Crippen LogP contribution < -0.4 is 4.74 Å². The molecule has 0 aliphatic rings. The van der Waals surface area contributed by atoms with E-state index < -0.39 is 4.33 Å². The molecule has 14 heavy (non-hydrogen) atoms. The van der Waals surface area contributed by atoms with Gasteiger partial charge in [0.15, 0.2) is 5.75 Å². The van der Waals surface area contributed by atoms with Crippen LogP contribution in [0.4, 0.5) is 0 Å². The van der Waals surface area contributed by atoms with Gasteiger partial charge in [-0.3, -0.25) is 10.1 Å². The maximum atomic E-state index is 10.2. The Bertz CT molecular complexity index is 406. The molecule has 0 amide bonds. The highest BCUT2D eigenvalue weighted by atomic mass is 35.5. The van der Waals surface area contributed by atoms with Crippen LogP contribution in [-0.4, -0.2) is 14.3 Å². The summed E-state index contributed by atoms with van der Waals surface area (Å²) in [5.41, 5.74) is 0. The monoisotopic (exact) mass is 232 g/mol. The van der Waals surface area contributed by atoms with Crippen molar-refractivity contribution < 1.29 is 9.07 Å². The van der Waals surface area contributed by atoms with E-state index >= 15 is 0 Å². The lowest BCUT2D eigenvalue weighted by Crippen LogP contribution is -1.94. The number of rotatable bonds is 3. The Morgan fingerprint density at radius 1 is 1.79 bits per heavy atom. The Balaban J connectivity index is 3.03. The lowest BCUT2D eigenvalue weighted by molar-refractivity contribution is -0.284. The van der Waals surface area contributed by atoms with E-state index in [0.717, 1.165) is 6.20 Å². The Kier molecular flexibility index (Phi) is 3.44. The third-order valence-electron chi connectivity index (χ3n) is 1.01. The van der Waals surface area contributed by atoms with E-state index in [1.165, 1.54) is 6.26 Å². The fraction of sp³-hybridized carbons (Fsp3) is 0. The molecule has 0 spiro atoms. The van der Waals surface area contributed by atoms with E-state index in [1.807, 2.05) is 0 Å². The molecular formula is C5HClN4O3S. The number of hydrogen-bond acceptors (Lipinski definition) is 7. The molecule has 0 saturated heterocycles. The van der Waals surface area contributed by atoms with Gasteiger partial charge >= 0.3 is 0 Å². The first-order valence-electron chi connectivity index (χ1n) is 3.04. The van der Waals surface area contributed by atoms with Gasteiger partial charge in [0.2, 0.25) is 10.3 Å². The fourth-order valence-electron chi connectivity index (χ4n) is 0.590. The lowest BCUT2D eigenvalue weighted by atomic mass is 10.6. The third kappa shape index (κ3) is 2.72. The summed E-state index contributed by atoms with van der Waals surface area (Å²) in [6, 6.07) is 0. The van der Waals surface area contributed by atoms with Crippen molar-refractivity contribution in [1.82, 2.24) is 9.97 Å². The average molecular weight is 233 g/mol. The van der Waals surface area contributed by atoms with E-state index in [9.17, 15) is 10.1 Å². The van der Waals surface area contributed by atoms with Crippen molar-refractivity contribution in [2.45, 2.75) is 5.03 Å². The minimum Gasteiger partial charge on any atom is -0.383 e. The van der Waals surface area contributed by atoms with Crippen molar-refractivity contribution >= 4 is 23.5 Å². The summed E-state index contributed by atoms with van der Waals surface area (Å²) in [6.07, 6.45) is 2.45. The molecule has 0 aromatic carbocycles. The van der Waals surface area contributed by atoms with E-state index in [4.69, 9.17) is 16.9 Å². The number of nitro groups is 1. The second kappa shape index (κ2) is 4.59. The van der Waals surface area contributed by atoms with Crippen LogP contribution in [0.25, 0.3) is 0 Å². The molecular weight excluding hydrogens is 232 g/mol. The van der Waals surface area contributed by atoms with Crippen LogP contribution >= 0.6 is 23.5 Å². The molecule has 0 saturated carbocycles. The van der Waals surface area contributed by atoms with Crippen molar-refractivity contribution in [2.24, 2.45) is 0 Å². The molecule has 0 unspecified atom stereocenters. The summed E-state index contributed by atoms with van der Waals surface area (Å²) in [4.78, 5) is 17.2. The van der Waals surface area contributed by atoms with Gasteiger partial charge in [0.25, 0.3) is 18.2 Å². The maximum Gasteiger partial charge on any atom is 0.292 e. The van der Waals surface area contributed by atoms with Crippen LogP contribution in [-0.2, 0) is 0 Å². The van der Waals surface area contributed by atoms with Gasteiger partial charge in [0.05, 0.1) is 6.20 Å². The van der Waals surface area contributed by atoms with Gasteiger partial charge in [-0.25, -0.2) is 9.97 Å². The Morgan fingerprint density at radius 3 is 3.07 bits per heavy atom. The number of nitrogens with zero attached hydrogens (tertiary/aromatic N) is 4. The van der Waals surface area contributed by atoms with Gasteiger partial charge in [-0.2, -0.15) is 0 Å². The summed E-state index contributed by atoms with van der Waals surface area (Å²) in [5.74, 6) is -0.0985. The van der Waals surface area contributed by atoms with Crippen molar-refractivity contribution in [3.05, 3.63) is 21.6 Å². The summed E-state index contributed by atoms with van der Waals surface area (Å²) in [7, 11) is 0. The zero-order valence-electron chi connectivity index (χ0n) is 6.38. The molecule has 7 nitrogen and oxygen atoms in total. The number of ether oxygens (including phenoxy) is 1. The maximum absolute atomic E-state index is 10.2. The van der Waals surface area contributed by atoms with Crippen molar-refractivity contribution in [3.63, 3.8) is 0 Å². The second-order valence-corrected chi connectivity index (χ2v) is 3.02. The summed E-state index contributed by atoms with van der Waals surface area (Å²) >= 11 is 5.59. The van der Waals surface area contributed by atoms with Crippen LogP contribution in [0.15, 0.2) is 11.2 Å². The summed E-state index contributed by atoms with van der Waals surface area (Å²) in [6.45, 7) is 0. The number of nitriles is 1. The fourth-order valence-corrected chi connectivity index (χ4v) is 1.23. The summed E-state index contributed by atoms with van der Waals surface area (Å²) < 4.78 is 3.70. The van der Waals surface area contributed by atoms with Gasteiger partial charge in [0.1, 0.15) is 4.33 Å². The Labute approximate surface area is 87.0 Å². The molecule has 0 N–H and O–H groups in total. The highest BCUT2D eigenvalue weighted by molar-refractivity contribution is 7.93. The van der Waals surface area contributed by atoms with Gasteiger partial charge in [-0.1, -0.05) is 0 Å². The SMILES string of the molecule is N#COc1cnc(Cl)nc1S[N+](=O)[O-]. The highest BCUT2D eigenvalue weighted by Crippen LogP contribution is 2.27. The molecule has 1 aromatic rings. The minimum absolute atomic E-state index is 0.0985.